The third-order valence-corrected chi connectivity index (χ3v) is 3.00. The molecule has 2 aromatic rings. The van der Waals surface area contributed by atoms with Crippen LogP contribution in [0.3, 0.4) is 0 Å². The van der Waals surface area contributed by atoms with Crippen molar-refractivity contribution in [1.82, 2.24) is 9.97 Å². The van der Waals surface area contributed by atoms with Gasteiger partial charge < -0.3 is 15.4 Å². The highest BCUT2D eigenvalue weighted by atomic mass is 16.5. The molecule has 0 fully saturated rings. The fourth-order valence-electron chi connectivity index (χ4n) is 1.88. The first kappa shape index (κ1) is 15.9. The number of benzene rings is 1. The number of hydrogen-bond donors (Lipinski definition) is 2. The fraction of sp³-hybridized carbons (Fsp3) is 0.312. The molecular formula is C16H20N4O2. The topological polar surface area (TPSA) is 76.1 Å². The van der Waals surface area contributed by atoms with Crippen LogP contribution in [0.4, 0.5) is 11.6 Å². The van der Waals surface area contributed by atoms with Crippen LogP contribution in [-0.4, -0.2) is 36.1 Å². The van der Waals surface area contributed by atoms with E-state index in [0.29, 0.717) is 18.1 Å². The molecule has 0 saturated heterocycles. The first-order chi connectivity index (χ1) is 10.7. The zero-order chi connectivity index (χ0) is 15.8. The van der Waals surface area contributed by atoms with Crippen LogP contribution in [0.1, 0.15) is 22.3 Å². The molecule has 2 rings (SSSR count). The highest BCUT2D eigenvalue weighted by Crippen LogP contribution is 2.11. The molecule has 116 valence electrons. The largest absolute Gasteiger partial charge is 0.385 e. The maximum absolute atomic E-state index is 12.1. The summed E-state index contributed by atoms with van der Waals surface area (Å²) in [6.07, 6.45) is 3.89. The summed E-state index contributed by atoms with van der Waals surface area (Å²) in [7, 11) is 1.66. The second-order valence-electron chi connectivity index (χ2n) is 4.89. The summed E-state index contributed by atoms with van der Waals surface area (Å²) in [5.74, 6) is 0.278. The number of aryl methyl sites for hydroxylation is 1. The Balaban J connectivity index is 1.90. The van der Waals surface area contributed by atoms with E-state index in [-0.39, 0.29) is 5.91 Å². The Kier molecular flexibility index (Phi) is 5.85. The predicted octanol–water partition coefficient (Wildman–Crippen LogP) is 2.49. The molecule has 2 N–H and O–H groups in total. The minimum atomic E-state index is -0.225. The third-order valence-electron chi connectivity index (χ3n) is 3.00. The van der Waals surface area contributed by atoms with Gasteiger partial charge in [-0.2, -0.15) is 0 Å². The van der Waals surface area contributed by atoms with Crippen molar-refractivity contribution in [1.29, 1.82) is 0 Å². The summed E-state index contributed by atoms with van der Waals surface area (Å²) in [5.41, 5.74) is 2.26. The third kappa shape index (κ3) is 4.82. The van der Waals surface area contributed by atoms with E-state index in [0.717, 1.165) is 24.2 Å². The van der Waals surface area contributed by atoms with E-state index >= 15 is 0 Å². The van der Waals surface area contributed by atoms with Crippen molar-refractivity contribution in [3.63, 3.8) is 0 Å². The van der Waals surface area contributed by atoms with E-state index in [2.05, 4.69) is 20.6 Å². The lowest BCUT2D eigenvalue weighted by Gasteiger charge is -2.07. The molecule has 1 amide bonds. The van der Waals surface area contributed by atoms with Crippen LogP contribution in [0.2, 0.25) is 0 Å². The summed E-state index contributed by atoms with van der Waals surface area (Å²) in [4.78, 5) is 20.4. The van der Waals surface area contributed by atoms with Gasteiger partial charge in [0.2, 0.25) is 5.95 Å². The number of anilines is 2. The maximum Gasteiger partial charge on any atom is 0.258 e. The minimum Gasteiger partial charge on any atom is -0.385 e. The molecular weight excluding hydrogens is 280 g/mol. The smallest absolute Gasteiger partial charge is 0.258 e. The van der Waals surface area contributed by atoms with Crippen molar-refractivity contribution in [2.75, 3.05) is 30.9 Å². The average Bonchev–Trinajstić information content (AvgIpc) is 2.52. The zero-order valence-electron chi connectivity index (χ0n) is 12.8. The highest BCUT2D eigenvalue weighted by molar-refractivity contribution is 6.03. The van der Waals surface area contributed by atoms with Gasteiger partial charge in [0, 0.05) is 38.3 Å². The summed E-state index contributed by atoms with van der Waals surface area (Å²) in [6.45, 7) is 3.38. The minimum absolute atomic E-state index is 0.225. The van der Waals surface area contributed by atoms with Gasteiger partial charge in [-0.25, -0.2) is 9.97 Å². The van der Waals surface area contributed by atoms with Crippen molar-refractivity contribution in [3.8, 4) is 0 Å². The van der Waals surface area contributed by atoms with Gasteiger partial charge >= 0.3 is 0 Å². The molecule has 1 aromatic carbocycles. The molecule has 6 nitrogen and oxygen atoms in total. The highest BCUT2D eigenvalue weighted by Gasteiger charge is 2.07. The second kappa shape index (κ2) is 8.09. The van der Waals surface area contributed by atoms with Crippen molar-refractivity contribution in [3.05, 3.63) is 47.8 Å². The standard InChI is InChI=1S/C16H20N4O2/c1-12-5-3-6-14(9-12)20-15(21)13-10-18-16(19-11-13)17-7-4-8-22-2/h3,5-6,9-11H,4,7-8H2,1-2H3,(H,20,21)(H,17,18,19). The average molecular weight is 300 g/mol. The molecule has 1 aromatic heterocycles. The van der Waals surface area contributed by atoms with Crippen molar-refractivity contribution >= 4 is 17.5 Å². The number of rotatable bonds is 7. The van der Waals surface area contributed by atoms with Crippen LogP contribution in [0, 0.1) is 6.92 Å². The Bertz CT molecular complexity index is 614. The normalized spacial score (nSPS) is 10.3. The van der Waals surface area contributed by atoms with E-state index < -0.39 is 0 Å². The van der Waals surface area contributed by atoms with E-state index in [1.54, 1.807) is 7.11 Å². The summed E-state index contributed by atoms with van der Waals surface area (Å²) < 4.78 is 4.96. The van der Waals surface area contributed by atoms with E-state index in [1.807, 2.05) is 31.2 Å². The van der Waals surface area contributed by atoms with Crippen LogP contribution in [0.5, 0.6) is 0 Å². The first-order valence-electron chi connectivity index (χ1n) is 7.12. The molecule has 0 aliphatic carbocycles. The van der Waals surface area contributed by atoms with Crippen LogP contribution in [-0.2, 0) is 4.74 Å². The Labute approximate surface area is 129 Å². The van der Waals surface area contributed by atoms with Crippen molar-refractivity contribution in [2.24, 2.45) is 0 Å². The number of nitrogens with one attached hydrogen (secondary N) is 2. The molecule has 0 radical (unpaired) electrons. The zero-order valence-corrected chi connectivity index (χ0v) is 12.8. The predicted molar refractivity (Wildman–Crippen MR) is 86.1 cm³/mol. The van der Waals surface area contributed by atoms with Crippen LogP contribution >= 0.6 is 0 Å². The molecule has 6 heteroatoms. The fourth-order valence-corrected chi connectivity index (χ4v) is 1.88. The first-order valence-corrected chi connectivity index (χ1v) is 7.12. The summed E-state index contributed by atoms with van der Waals surface area (Å²) in [5, 5.41) is 5.89. The van der Waals surface area contributed by atoms with Crippen molar-refractivity contribution < 1.29 is 9.53 Å². The van der Waals surface area contributed by atoms with Gasteiger partial charge in [0.25, 0.3) is 5.91 Å². The SMILES string of the molecule is COCCCNc1ncc(C(=O)Nc2cccc(C)c2)cn1. The molecule has 0 spiro atoms. The molecule has 0 aliphatic rings. The summed E-state index contributed by atoms with van der Waals surface area (Å²) in [6, 6.07) is 7.62. The molecule has 0 atom stereocenters. The van der Waals surface area contributed by atoms with Crippen LogP contribution in [0.25, 0.3) is 0 Å². The lowest BCUT2D eigenvalue weighted by atomic mass is 10.2. The lowest BCUT2D eigenvalue weighted by molar-refractivity contribution is 0.102. The van der Waals surface area contributed by atoms with E-state index in [9.17, 15) is 4.79 Å². The van der Waals surface area contributed by atoms with Gasteiger partial charge in [-0.05, 0) is 31.0 Å². The van der Waals surface area contributed by atoms with E-state index in [1.165, 1.54) is 12.4 Å². The summed E-state index contributed by atoms with van der Waals surface area (Å²) >= 11 is 0. The number of carbonyl (C=O) groups excluding carboxylic acids is 1. The molecule has 0 saturated carbocycles. The molecule has 0 bridgehead atoms. The Morgan fingerprint density at radius 1 is 1.27 bits per heavy atom. The quantitative estimate of drug-likeness (QED) is 0.768. The molecule has 0 unspecified atom stereocenters. The number of methoxy groups -OCH3 is 1. The lowest BCUT2D eigenvalue weighted by Crippen LogP contribution is -2.14. The molecule has 22 heavy (non-hydrogen) atoms. The Hall–Kier alpha value is -2.47. The number of nitrogens with zero attached hydrogens (tertiary/aromatic N) is 2. The number of ether oxygens (including phenoxy) is 1. The molecule has 1 heterocycles. The number of hydrogen-bond acceptors (Lipinski definition) is 5. The maximum atomic E-state index is 12.1. The van der Waals surface area contributed by atoms with Gasteiger partial charge in [-0.1, -0.05) is 12.1 Å². The van der Waals surface area contributed by atoms with Gasteiger partial charge in [0.15, 0.2) is 0 Å². The monoisotopic (exact) mass is 300 g/mol. The van der Waals surface area contributed by atoms with Gasteiger partial charge in [-0.3, -0.25) is 4.79 Å². The van der Waals surface area contributed by atoms with E-state index in [4.69, 9.17) is 4.74 Å². The Morgan fingerprint density at radius 2 is 2.05 bits per heavy atom. The van der Waals surface area contributed by atoms with Crippen LogP contribution in [0.15, 0.2) is 36.7 Å². The van der Waals surface area contributed by atoms with Gasteiger partial charge in [0.1, 0.15) is 0 Å². The van der Waals surface area contributed by atoms with Gasteiger partial charge in [0.05, 0.1) is 5.56 Å². The van der Waals surface area contributed by atoms with Crippen LogP contribution < -0.4 is 10.6 Å². The number of aromatic nitrogens is 2. The molecule has 0 aliphatic heterocycles. The van der Waals surface area contributed by atoms with Crippen molar-refractivity contribution in [2.45, 2.75) is 13.3 Å². The number of carbonyl (C=O) groups is 1. The van der Waals surface area contributed by atoms with Gasteiger partial charge in [-0.15, -0.1) is 0 Å². The second-order valence-corrected chi connectivity index (χ2v) is 4.89. The number of amides is 1. The Morgan fingerprint density at radius 3 is 2.73 bits per heavy atom.